The van der Waals surface area contributed by atoms with Crippen molar-refractivity contribution in [3.63, 3.8) is 0 Å². The van der Waals surface area contributed by atoms with Gasteiger partial charge in [0.1, 0.15) is 5.76 Å². The Hall–Kier alpha value is -2.24. The van der Waals surface area contributed by atoms with Crippen molar-refractivity contribution in [3.05, 3.63) is 60.4 Å². The van der Waals surface area contributed by atoms with Crippen molar-refractivity contribution >= 4 is 11.4 Å². The molecule has 1 aromatic carbocycles. The van der Waals surface area contributed by atoms with Crippen molar-refractivity contribution in [1.29, 1.82) is 0 Å². The fraction of sp³-hybridized carbons (Fsp3) is 0.657. The fourth-order valence-electron chi connectivity index (χ4n) is 5.10. The Morgan fingerprint density at radius 1 is 0.825 bits per heavy atom. The zero-order valence-corrected chi connectivity index (χ0v) is 26.5. The van der Waals surface area contributed by atoms with Crippen molar-refractivity contribution < 1.29 is 14.6 Å². The molecular weight excluding hydrogens is 496 g/mol. The van der Waals surface area contributed by atoms with Crippen LogP contribution < -0.4 is 9.80 Å². The molecule has 0 saturated heterocycles. The summed E-state index contributed by atoms with van der Waals surface area (Å²) in [5.74, 6) is 0.692. The molecule has 0 bridgehead atoms. The van der Waals surface area contributed by atoms with E-state index < -0.39 is 6.10 Å². The van der Waals surface area contributed by atoms with E-state index in [4.69, 9.17) is 4.74 Å². The van der Waals surface area contributed by atoms with Crippen molar-refractivity contribution in [2.24, 2.45) is 0 Å². The van der Waals surface area contributed by atoms with Gasteiger partial charge in [0.25, 0.3) is 0 Å². The number of hydrogen-bond donors (Lipinski definition) is 1. The van der Waals surface area contributed by atoms with Gasteiger partial charge in [0.2, 0.25) is 0 Å². The highest BCUT2D eigenvalue weighted by Crippen LogP contribution is 2.36. The number of aliphatic hydroxyl groups is 1. The standard InChI is InChI=1S/C33H54N2O2.C2H6O/c1-5-7-8-9-10-11-12-13-14-15-16-17-18-21-26-34-28-35(32-23-20-19-22-31(32)34)27-33(36)29(3)24-25-30(6-2)37-4;1-3-2/h6,19-20,22-25,33,36H,2,5,7-18,21,26-28H2,1,3-4H3;1-2H3/b29-24+,30-25+;. The number of methoxy groups -OCH3 is 2. The maximum absolute atomic E-state index is 10.8. The van der Waals surface area contributed by atoms with Crippen LogP contribution in [0, 0.1) is 0 Å². The van der Waals surface area contributed by atoms with Gasteiger partial charge in [-0.3, -0.25) is 0 Å². The van der Waals surface area contributed by atoms with Gasteiger partial charge in [-0.15, -0.1) is 0 Å². The molecule has 0 aromatic heterocycles. The minimum Gasteiger partial charge on any atom is -0.497 e. The number of β-amino-alcohol motifs (C(OH)–C–C–N with tert-alkyl or cyclic N) is 1. The maximum atomic E-state index is 10.8. The van der Waals surface area contributed by atoms with Gasteiger partial charge in [-0.1, -0.05) is 115 Å². The topological polar surface area (TPSA) is 45.2 Å². The monoisotopic (exact) mass is 556 g/mol. The SMILES string of the molecule is C=C/C(=C\C=C(/C)C(O)CN1CN(CCCCCCCCCCCCCCCC)c2ccccc21)OC.COC. The molecule has 0 amide bonds. The molecule has 40 heavy (non-hydrogen) atoms. The van der Waals surface area contributed by atoms with E-state index in [9.17, 15) is 5.11 Å². The predicted molar refractivity (Wildman–Crippen MR) is 174 cm³/mol. The van der Waals surface area contributed by atoms with Crippen molar-refractivity contribution in [2.45, 2.75) is 110 Å². The normalized spacial score (nSPS) is 14.1. The van der Waals surface area contributed by atoms with Gasteiger partial charge in [-0.05, 0) is 43.2 Å². The number of anilines is 2. The first kappa shape index (κ1) is 35.8. The van der Waals surface area contributed by atoms with Crippen LogP contribution in [0.25, 0.3) is 0 Å². The molecule has 0 spiro atoms. The number of ether oxygens (including phenoxy) is 2. The molecule has 5 heteroatoms. The van der Waals surface area contributed by atoms with Crippen LogP contribution in [0.3, 0.4) is 0 Å². The van der Waals surface area contributed by atoms with Crippen molar-refractivity contribution in [1.82, 2.24) is 0 Å². The average molecular weight is 557 g/mol. The van der Waals surface area contributed by atoms with Crippen molar-refractivity contribution in [3.8, 4) is 0 Å². The molecule has 228 valence electrons. The quantitative estimate of drug-likeness (QED) is 0.0929. The van der Waals surface area contributed by atoms with Gasteiger partial charge < -0.3 is 24.4 Å². The van der Waals surface area contributed by atoms with Gasteiger partial charge in [0.15, 0.2) is 0 Å². The Balaban J connectivity index is 0.00000254. The number of para-hydroxylation sites is 2. The minimum atomic E-state index is -0.534. The summed E-state index contributed by atoms with van der Waals surface area (Å²) in [6.45, 7) is 10.5. The zero-order valence-electron chi connectivity index (χ0n) is 26.5. The summed E-state index contributed by atoms with van der Waals surface area (Å²) >= 11 is 0. The van der Waals surface area contributed by atoms with E-state index in [0.29, 0.717) is 12.3 Å². The Kier molecular flexibility index (Phi) is 21.0. The van der Waals surface area contributed by atoms with E-state index in [1.807, 2.05) is 19.1 Å². The number of nitrogens with zero attached hydrogens (tertiary/aromatic N) is 2. The van der Waals surface area contributed by atoms with Crippen LogP contribution in [0.2, 0.25) is 0 Å². The van der Waals surface area contributed by atoms with E-state index in [-0.39, 0.29) is 0 Å². The van der Waals surface area contributed by atoms with E-state index in [1.54, 1.807) is 27.4 Å². The molecule has 1 heterocycles. The predicted octanol–water partition coefficient (Wildman–Crippen LogP) is 9.04. The van der Waals surface area contributed by atoms with E-state index in [1.165, 1.54) is 101 Å². The Bertz CT molecular complexity index is 836. The van der Waals surface area contributed by atoms with Gasteiger partial charge in [0.05, 0.1) is 31.3 Å². The second-order valence-corrected chi connectivity index (χ2v) is 11.0. The highest BCUT2D eigenvalue weighted by Gasteiger charge is 2.26. The van der Waals surface area contributed by atoms with Gasteiger partial charge in [-0.2, -0.15) is 0 Å². The smallest absolute Gasteiger partial charge is 0.118 e. The third-order valence-corrected chi connectivity index (χ3v) is 7.55. The molecule has 0 saturated carbocycles. The molecule has 0 fully saturated rings. The van der Waals surface area contributed by atoms with Crippen molar-refractivity contribution in [2.75, 3.05) is 50.9 Å². The second kappa shape index (κ2) is 23.5. The van der Waals surface area contributed by atoms with Crippen LogP contribution in [-0.4, -0.2) is 52.3 Å². The summed E-state index contributed by atoms with van der Waals surface area (Å²) in [7, 11) is 4.88. The summed E-state index contributed by atoms with van der Waals surface area (Å²) < 4.78 is 9.48. The number of hydrogen-bond acceptors (Lipinski definition) is 5. The molecule has 0 radical (unpaired) electrons. The molecule has 1 atom stereocenters. The number of fused-ring (bicyclic) bond motifs is 1. The lowest BCUT2D eigenvalue weighted by Gasteiger charge is -2.24. The summed E-state index contributed by atoms with van der Waals surface area (Å²) in [4.78, 5) is 4.78. The van der Waals surface area contributed by atoms with Crippen LogP contribution >= 0.6 is 0 Å². The minimum absolute atomic E-state index is 0.534. The maximum Gasteiger partial charge on any atom is 0.118 e. The summed E-state index contributed by atoms with van der Waals surface area (Å²) in [6, 6.07) is 8.60. The third kappa shape index (κ3) is 14.9. The first-order valence-electron chi connectivity index (χ1n) is 15.7. The molecule has 1 N–H and O–H groups in total. The lowest BCUT2D eigenvalue weighted by atomic mass is 10.0. The first-order valence-corrected chi connectivity index (χ1v) is 15.7. The highest BCUT2D eigenvalue weighted by atomic mass is 16.5. The van der Waals surface area contributed by atoms with Crippen LogP contribution in [-0.2, 0) is 9.47 Å². The lowest BCUT2D eigenvalue weighted by Crippen LogP contribution is -2.37. The molecule has 1 aromatic rings. The lowest BCUT2D eigenvalue weighted by molar-refractivity contribution is 0.216. The largest absolute Gasteiger partial charge is 0.497 e. The first-order chi connectivity index (χ1) is 19.5. The number of allylic oxidation sites excluding steroid dienone is 3. The van der Waals surface area contributed by atoms with E-state index >= 15 is 0 Å². The fourth-order valence-corrected chi connectivity index (χ4v) is 5.10. The van der Waals surface area contributed by atoms with Crippen LogP contribution in [0.5, 0.6) is 0 Å². The summed E-state index contributed by atoms with van der Waals surface area (Å²) in [5.41, 5.74) is 3.43. The average Bonchev–Trinajstić information content (AvgIpc) is 3.31. The number of unbranched alkanes of at least 4 members (excludes halogenated alkanes) is 13. The van der Waals surface area contributed by atoms with Crippen LogP contribution in [0.1, 0.15) is 104 Å². The number of benzene rings is 1. The Morgan fingerprint density at radius 3 is 1.77 bits per heavy atom. The Morgan fingerprint density at radius 2 is 1.30 bits per heavy atom. The van der Waals surface area contributed by atoms with E-state index in [0.717, 1.165) is 18.8 Å². The molecule has 1 aliphatic heterocycles. The zero-order chi connectivity index (χ0) is 29.4. The van der Waals surface area contributed by atoms with Gasteiger partial charge in [-0.25, -0.2) is 0 Å². The molecule has 5 nitrogen and oxygen atoms in total. The van der Waals surface area contributed by atoms with Gasteiger partial charge in [0, 0.05) is 27.3 Å². The molecule has 1 unspecified atom stereocenters. The molecule has 0 aliphatic carbocycles. The highest BCUT2D eigenvalue weighted by molar-refractivity contribution is 5.76. The molecule has 1 aliphatic rings. The summed E-state index contributed by atoms with van der Waals surface area (Å²) in [6.07, 6.45) is 24.3. The number of aliphatic hydroxyl groups excluding tert-OH is 1. The van der Waals surface area contributed by atoms with Gasteiger partial charge >= 0.3 is 0 Å². The second-order valence-electron chi connectivity index (χ2n) is 11.0. The van der Waals surface area contributed by atoms with Crippen LogP contribution in [0.4, 0.5) is 11.4 Å². The molecule has 2 rings (SSSR count). The Labute approximate surface area is 246 Å². The van der Waals surface area contributed by atoms with E-state index in [2.05, 4.69) is 52.3 Å². The summed E-state index contributed by atoms with van der Waals surface area (Å²) in [5, 5.41) is 10.8. The number of rotatable bonds is 21. The third-order valence-electron chi connectivity index (χ3n) is 7.55. The van der Waals surface area contributed by atoms with Crippen LogP contribution in [0.15, 0.2) is 60.4 Å². The molecular formula is C35H60N2O3.